The monoisotopic (exact) mass is 265 g/mol. The Kier molecular flexibility index (Phi) is 3.68. The first kappa shape index (κ1) is 13.1. The van der Waals surface area contributed by atoms with Gasteiger partial charge in [0.2, 0.25) is 11.7 Å². The van der Waals surface area contributed by atoms with Crippen LogP contribution in [-0.4, -0.2) is 15.7 Å². The summed E-state index contributed by atoms with van der Waals surface area (Å²) in [6.45, 7) is 3.95. The molecule has 2 aromatic rings. The second-order valence-corrected chi connectivity index (χ2v) is 5.45. The zero-order valence-corrected chi connectivity index (χ0v) is 11.2. The van der Waals surface area contributed by atoms with Gasteiger partial charge >= 0.3 is 0 Å². The minimum atomic E-state index is -0.231. The normalized spacial score (nSPS) is 11.8. The van der Waals surface area contributed by atoms with E-state index in [1.165, 1.54) is 0 Å². The highest BCUT2D eigenvalue weighted by Crippen LogP contribution is 2.20. The summed E-state index contributed by atoms with van der Waals surface area (Å²) in [7, 11) is 0. The Morgan fingerprint density at radius 3 is 2.83 bits per heavy atom. The summed E-state index contributed by atoms with van der Waals surface area (Å²) in [5.74, 6) is 1.16. The molecule has 96 valence electrons. The fourth-order valence-electron chi connectivity index (χ4n) is 1.53. The van der Waals surface area contributed by atoms with E-state index >= 15 is 0 Å². The Morgan fingerprint density at radius 1 is 1.39 bits per heavy atom. The molecule has 5 heteroatoms. The number of nitrogens with two attached hydrogens (primary N) is 1. The molecule has 2 N–H and O–H groups in total. The number of nitrogens with zero attached hydrogens (tertiary/aromatic N) is 2. The highest BCUT2D eigenvalue weighted by Gasteiger charge is 2.14. The Bertz CT molecular complexity index is 531. The van der Waals surface area contributed by atoms with Crippen molar-refractivity contribution in [2.24, 2.45) is 5.73 Å². The third kappa shape index (κ3) is 3.55. The summed E-state index contributed by atoms with van der Waals surface area (Å²) in [5, 5.41) is 4.60. The zero-order valence-electron chi connectivity index (χ0n) is 10.5. The van der Waals surface area contributed by atoms with Crippen molar-refractivity contribution >= 4 is 11.6 Å². The molecule has 0 aliphatic rings. The van der Waals surface area contributed by atoms with Crippen molar-refractivity contribution in [3.05, 3.63) is 35.2 Å². The fourth-order valence-corrected chi connectivity index (χ4v) is 1.72. The molecule has 2 rings (SSSR count). The molecule has 1 aromatic carbocycles. The molecule has 0 atom stereocenters. The second-order valence-electron chi connectivity index (χ2n) is 5.01. The number of rotatable bonds is 4. The molecule has 18 heavy (non-hydrogen) atoms. The molecular weight excluding hydrogens is 250 g/mol. The summed E-state index contributed by atoms with van der Waals surface area (Å²) in [5.41, 5.74) is 6.53. The first-order valence-electron chi connectivity index (χ1n) is 5.81. The highest BCUT2D eigenvalue weighted by molar-refractivity contribution is 6.30. The lowest BCUT2D eigenvalue weighted by atomic mass is 10.0. The van der Waals surface area contributed by atoms with Gasteiger partial charge in [0.05, 0.1) is 0 Å². The summed E-state index contributed by atoms with van der Waals surface area (Å²) in [4.78, 5) is 4.33. The number of benzene rings is 1. The summed E-state index contributed by atoms with van der Waals surface area (Å²) >= 11 is 5.92. The van der Waals surface area contributed by atoms with Crippen LogP contribution in [0.3, 0.4) is 0 Å². The number of aromatic nitrogens is 2. The first-order valence-corrected chi connectivity index (χ1v) is 6.19. The van der Waals surface area contributed by atoms with Gasteiger partial charge in [-0.1, -0.05) is 28.9 Å². The standard InChI is InChI=1S/C13H16ClN3O/c1-13(2,15)7-6-11-16-12(17-18-11)9-4-3-5-10(14)8-9/h3-5,8H,6-7,15H2,1-2H3. The van der Waals surface area contributed by atoms with Crippen LogP contribution in [-0.2, 0) is 6.42 Å². The Morgan fingerprint density at radius 2 is 2.17 bits per heavy atom. The van der Waals surface area contributed by atoms with Crippen LogP contribution in [0.4, 0.5) is 0 Å². The molecule has 0 aliphatic heterocycles. The topological polar surface area (TPSA) is 64.9 Å². The van der Waals surface area contributed by atoms with Crippen molar-refractivity contribution in [3.63, 3.8) is 0 Å². The van der Waals surface area contributed by atoms with Crippen molar-refractivity contribution < 1.29 is 4.52 Å². The van der Waals surface area contributed by atoms with Crippen LogP contribution in [0.1, 0.15) is 26.2 Å². The van der Waals surface area contributed by atoms with E-state index in [0.29, 0.717) is 23.2 Å². The van der Waals surface area contributed by atoms with Crippen molar-refractivity contribution in [2.75, 3.05) is 0 Å². The summed E-state index contributed by atoms with van der Waals surface area (Å²) < 4.78 is 5.19. The third-order valence-electron chi connectivity index (χ3n) is 2.53. The molecule has 4 nitrogen and oxygen atoms in total. The molecule has 0 aliphatic carbocycles. The van der Waals surface area contributed by atoms with E-state index in [1.54, 1.807) is 0 Å². The van der Waals surface area contributed by atoms with E-state index in [1.807, 2.05) is 38.1 Å². The molecule has 1 aromatic heterocycles. The molecule has 1 heterocycles. The largest absolute Gasteiger partial charge is 0.339 e. The predicted octanol–water partition coefficient (Wildman–Crippen LogP) is 3.06. The van der Waals surface area contributed by atoms with Gasteiger partial charge in [0, 0.05) is 22.5 Å². The number of halogens is 1. The molecule has 0 saturated heterocycles. The van der Waals surface area contributed by atoms with E-state index in [-0.39, 0.29) is 5.54 Å². The fraction of sp³-hybridized carbons (Fsp3) is 0.385. The van der Waals surface area contributed by atoms with Crippen LogP contribution in [0.2, 0.25) is 5.02 Å². The van der Waals surface area contributed by atoms with Crippen LogP contribution in [0, 0.1) is 0 Å². The van der Waals surface area contributed by atoms with Gasteiger partial charge in [-0.05, 0) is 32.4 Å². The van der Waals surface area contributed by atoms with Gasteiger partial charge in [-0.2, -0.15) is 4.98 Å². The molecule has 0 unspecified atom stereocenters. The lowest BCUT2D eigenvalue weighted by molar-refractivity contribution is 0.358. The Hall–Kier alpha value is -1.39. The number of hydrogen-bond acceptors (Lipinski definition) is 4. The van der Waals surface area contributed by atoms with Gasteiger partial charge in [-0.3, -0.25) is 0 Å². The van der Waals surface area contributed by atoms with Gasteiger partial charge in [0.15, 0.2) is 0 Å². The predicted molar refractivity (Wildman–Crippen MR) is 71.3 cm³/mol. The molecule has 0 radical (unpaired) electrons. The quantitative estimate of drug-likeness (QED) is 0.923. The van der Waals surface area contributed by atoms with Crippen LogP contribution in [0.15, 0.2) is 28.8 Å². The summed E-state index contributed by atoms with van der Waals surface area (Å²) in [6, 6.07) is 7.37. The van der Waals surface area contributed by atoms with E-state index < -0.39 is 0 Å². The number of hydrogen-bond donors (Lipinski definition) is 1. The van der Waals surface area contributed by atoms with Gasteiger partial charge < -0.3 is 10.3 Å². The average Bonchev–Trinajstić information content (AvgIpc) is 2.74. The van der Waals surface area contributed by atoms with E-state index in [0.717, 1.165) is 12.0 Å². The van der Waals surface area contributed by atoms with Crippen molar-refractivity contribution in [3.8, 4) is 11.4 Å². The van der Waals surface area contributed by atoms with Crippen LogP contribution in [0.5, 0.6) is 0 Å². The maximum Gasteiger partial charge on any atom is 0.227 e. The molecular formula is C13H16ClN3O. The summed E-state index contributed by atoms with van der Waals surface area (Å²) in [6.07, 6.45) is 1.47. The van der Waals surface area contributed by atoms with Gasteiger partial charge in [0.25, 0.3) is 0 Å². The van der Waals surface area contributed by atoms with Crippen molar-refractivity contribution in [1.82, 2.24) is 10.1 Å². The molecule has 0 amide bonds. The molecule has 0 spiro atoms. The van der Waals surface area contributed by atoms with Crippen molar-refractivity contribution in [1.29, 1.82) is 0 Å². The van der Waals surface area contributed by atoms with Gasteiger partial charge in [-0.15, -0.1) is 0 Å². The minimum Gasteiger partial charge on any atom is -0.339 e. The SMILES string of the molecule is CC(C)(N)CCc1nc(-c2cccc(Cl)c2)no1. The zero-order chi connectivity index (χ0) is 13.2. The molecule has 0 fully saturated rings. The molecule has 0 bridgehead atoms. The van der Waals surface area contributed by atoms with E-state index in [2.05, 4.69) is 10.1 Å². The highest BCUT2D eigenvalue weighted by atomic mass is 35.5. The average molecular weight is 266 g/mol. The van der Waals surface area contributed by atoms with Crippen LogP contribution >= 0.6 is 11.6 Å². The maximum absolute atomic E-state index is 5.92. The van der Waals surface area contributed by atoms with Gasteiger partial charge in [0.1, 0.15) is 0 Å². The molecule has 0 saturated carbocycles. The maximum atomic E-state index is 5.92. The van der Waals surface area contributed by atoms with Crippen LogP contribution < -0.4 is 5.73 Å². The second kappa shape index (κ2) is 5.08. The Labute approximate surface area is 111 Å². The van der Waals surface area contributed by atoms with E-state index in [4.69, 9.17) is 21.9 Å². The number of aryl methyl sites for hydroxylation is 1. The van der Waals surface area contributed by atoms with Crippen molar-refractivity contribution in [2.45, 2.75) is 32.2 Å². The lowest BCUT2D eigenvalue weighted by Crippen LogP contribution is -2.32. The van der Waals surface area contributed by atoms with E-state index in [9.17, 15) is 0 Å². The smallest absolute Gasteiger partial charge is 0.227 e. The first-order chi connectivity index (χ1) is 8.44. The third-order valence-corrected chi connectivity index (χ3v) is 2.77. The minimum absolute atomic E-state index is 0.231. The van der Waals surface area contributed by atoms with Crippen LogP contribution in [0.25, 0.3) is 11.4 Å². The lowest BCUT2D eigenvalue weighted by Gasteiger charge is -2.16. The Balaban J connectivity index is 2.11. The van der Waals surface area contributed by atoms with Gasteiger partial charge in [-0.25, -0.2) is 0 Å².